The van der Waals surface area contributed by atoms with Crippen molar-refractivity contribution in [2.24, 2.45) is 0 Å². The number of nitrogens with zero attached hydrogens (tertiary/aromatic N) is 1. The molecule has 0 bridgehead atoms. The number of fused-ring (bicyclic) bond motifs is 1. The maximum Gasteiger partial charge on any atom is 0.339 e. The lowest BCUT2D eigenvalue weighted by atomic mass is 9.93. The fourth-order valence-electron chi connectivity index (χ4n) is 3.31. The Morgan fingerprint density at radius 2 is 2.08 bits per heavy atom. The van der Waals surface area contributed by atoms with Gasteiger partial charge in [0.2, 0.25) is 5.91 Å². The van der Waals surface area contributed by atoms with Crippen molar-refractivity contribution in [1.82, 2.24) is 4.57 Å². The van der Waals surface area contributed by atoms with E-state index in [-0.39, 0.29) is 23.8 Å². The van der Waals surface area contributed by atoms with Crippen LogP contribution in [0.15, 0.2) is 48.0 Å². The van der Waals surface area contributed by atoms with E-state index < -0.39 is 5.97 Å². The number of benzene rings is 1. The second-order valence-corrected chi connectivity index (χ2v) is 6.98. The van der Waals surface area contributed by atoms with Crippen LogP contribution in [0.25, 0.3) is 5.69 Å². The third-order valence-electron chi connectivity index (χ3n) is 4.49. The monoisotopic (exact) mass is 368 g/mol. The summed E-state index contributed by atoms with van der Waals surface area (Å²) in [5.74, 6) is -0.711. The molecule has 4 rings (SSSR count). The number of methoxy groups -OCH3 is 1. The first-order valence-electron chi connectivity index (χ1n) is 8.04. The number of carbonyl (C=O) groups excluding carboxylic acids is 1. The van der Waals surface area contributed by atoms with Crippen molar-refractivity contribution >= 4 is 28.9 Å². The Hall–Kier alpha value is -3.06. The minimum Gasteiger partial charge on any atom is -0.497 e. The number of carboxylic acid groups (broad SMARTS) is 1. The van der Waals surface area contributed by atoms with E-state index in [0.29, 0.717) is 5.69 Å². The number of aromatic nitrogens is 1. The van der Waals surface area contributed by atoms with E-state index in [9.17, 15) is 14.7 Å². The van der Waals surface area contributed by atoms with Crippen molar-refractivity contribution in [2.75, 3.05) is 12.4 Å². The number of ether oxygens (including phenoxy) is 1. The maximum absolute atomic E-state index is 12.2. The van der Waals surface area contributed by atoms with Gasteiger partial charge < -0.3 is 19.7 Å². The molecule has 1 amide bonds. The summed E-state index contributed by atoms with van der Waals surface area (Å²) in [6.07, 6.45) is 1.85. The first-order chi connectivity index (χ1) is 12.6. The standard InChI is InChI=1S/C19H16N2O4S/c1-25-12-6-4-11(5-7-12)21-10-14(19(23)24)17-18(21)13(9-16(22)20-17)15-3-2-8-26-15/h2-8,10,13H,9H2,1H3,(H,20,22)(H,23,24)/t13-/m0/s1. The number of nitrogens with one attached hydrogen (secondary N) is 1. The van der Waals surface area contributed by atoms with Crippen molar-refractivity contribution in [3.8, 4) is 11.4 Å². The zero-order valence-electron chi connectivity index (χ0n) is 13.9. The van der Waals surface area contributed by atoms with Gasteiger partial charge >= 0.3 is 5.97 Å². The Labute approximate surface area is 153 Å². The van der Waals surface area contributed by atoms with Gasteiger partial charge in [-0.25, -0.2) is 4.79 Å². The number of aromatic carboxylic acids is 1. The molecule has 0 fully saturated rings. The van der Waals surface area contributed by atoms with Gasteiger partial charge in [0.1, 0.15) is 11.3 Å². The number of carboxylic acids is 1. The molecule has 0 aliphatic carbocycles. The van der Waals surface area contributed by atoms with E-state index in [1.807, 2.05) is 46.3 Å². The van der Waals surface area contributed by atoms with E-state index in [1.165, 1.54) is 0 Å². The van der Waals surface area contributed by atoms with Gasteiger partial charge in [0, 0.05) is 29.1 Å². The fraction of sp³-hybridized carbons (Fsp3) is 0.158. The molecule has 0 unspecified atom stereocenters. The number of carbonyl (C=O) groups is 2. The number of hydrogen-bond donors (Lipinski definition) is 2. The molecule has 1 aliphatic heterocycles. The predicted octanol–water partition coefficient (Wildman–Crippen LogP) is 3.72. The molecule has 0 radical (unpaired) electrons. The molecule has 1 aliphatic rings. The van der Waals surface area contributed by atoms with Gasteiger partial charge in [0.25, 0.3) is 0 Å². The van der Waals surface area contributed by atoms with Gasteiger partial charge in [0.15, 0.2) is 0 Å². The average molecular weight is 368 g/mol. The Morgan fingerprint density at radius 1 is 1.31 bits per heavy atom. The number of amides is 1. The van der Waals surface area contributed by atoms with Crippen molar-refractivity contribution in [3.05, 3.63) is 64.1 Å². The quantitative estimate of drug-likeness (QED) is 0.735. The van der Waals surface area contributed by atoms with E-state index >= 15 is 0 Å². The fourth-order valence-corrected chi connectivity index (χ4v) is 4.14. The van der Waals surface area contributed by atoms with Crippen molar-refractivity contribution in [1.29, 1.82) is 0 Å². The van der Waals surface area contributed by atoms with Gasteiger partial charge in [-0.3, -0.25) is 4.79 Å². The molecule has 132 valence electrons. The second-order valence-electron chi connectivity index (χ2n) is 6.00. The summed E-state index contributed by atoms with van der Waals surface area (Å²) in [7, 11) is 1.59. The molecule has 2 N–H and O–H groups in total. The highest BCUT2D eigenvalue weighted by Gasteiger charge is 2.34. The topological polar surface area (TPSA) is 80.6 Å². The molecule has 3 heterocycles. The Balaban J connectivity index is 1.93. The molecular formula is C19H16N2O4S. The molecule has 0 saturated heterocycles. The van der Waals surface area contributed by atoms with E-state index in [0.717, 1.165) is 22.0 Å². The molecule has 7 heteroatoms. The molecular weight excluding hydrogens is 352 g/mol. The van der Waals surface area contributed by atoms with Crippen molar-refractivity contribution in [2.45, 2.75) is 12.3 Å². The molecule has 2 aromatic heterocycles. The summed E-state index contributed by atoms with van der Waals surface area (Å²) in [5.41, 5.74) is 2.07. The Morgan fingerprint density at radius 3 is 2.69 bits per heavy atom. The highest BCUT2D eigenvalue weighted by atomic mass is 32.1. The Bertz CT molecular complexity index is 974. The molecule has 0 spiro atoms. The first kappa shape index (κ1) is 16.4. The highest BCUT2D eigenvalue weighted by molar-refractivity contribution is 7.10. The average Bonchev–Trinajstić information content (AvgIpc) is 3.29. The summed E-state index contributed by atoms with van der Waals surface area (Å²) in [6.45, 7) is 0. The lowest BCUT2D eigenvalue weighted by Gasteiger charge is -2.25. The third kappa shape index (κ3) is 2.66. The van der Waals surface area contributed by atoms with Crippen LogP contribution in [0.1, 0.15) is 33.3 Å². The summed E-state index contributed by atoms with van der Waals surface area (Å²) in [4.78, 5) is 25.0. The number of hydrogen-bond acceptors (Lipinski definition) is 4. The van der Waals surface area contributed by atoms with Crippen molar-refractivity contribution in [3.63, 3.8) is 0 Å². The zero-order chi connectivity index (χ0) is 18.3. The maximum atomic E-state index is 12.2. The Kier molecular flexibility index (Phi) is 4.00. The summed E-state index contributed by atoms with van der Waals surface area (Å²) in [5, 5.41) is 14.3. The molecule has 6 nitrogen and oxygen atoms in total. The van der Waals surface area contributed by atoms with Crippen LogP contribution >= 0.6 is 11.3 Å². The van der Waals surface area contributed by atoms with E-state index in [1.54, 1.807) is 24.6 Å². The SMILES string of the molecule is COc1ccc(-n2cc(C(=O)O)c3c2[C@H](c2cccs2)CC(=O)N3)cc1. The third-order valence-corrected chi connectivity index (χ3v) is 5.48. The minimum absolute atomic E-state index is 0.0884. The predicted molar refractivity (Wildman–Crippen MR) is 98.7 cm³/mol. The van der Waals surface area contributed by atoms with E-state index in [4.69, 9.17) is 4.74 Å². The van der Waals surface area contributed by atoms with Gasteiger partial charge in [-0.1, -0.05) is 6.07 Å². The van der Waals surface area contributed by atoms with Gasteiger partial charge in [0.05, 0.1) is 18.5 Å². The molecule has 1 aromatic carbocycles. The number of rotatable bonds is 4. The molecule has 0 saturated carbocycles. The normalized spacial score (nSPS) is 16.0. The number of anilines is 1. The zero-order valence-corrected chi connectivity index (χ0v) is 14.7. The largest absolute Gasteiger partial charge is 0.497 e. The van der Waals surface area contributed by atoms with Crippen LogP contribution in [0.5, 0.6) is 5.75 Å². The van der Waals surface area contributed by atoms with Gasteiger partial charge in [-0.05, 0) is 35.7 Å². The highest BCUT2D eigenvalue weighted by Crippen LogP contribution is 2.42. The van der Waals surface area contributed by atoms with Crippen LogP contribution in [0.4, 0.5) is 5.69 Å². The molecule has 3 aromatic rings. The van der Waals surface area contributed by atoms with Crippen LogP contribution in [-0.2, 0) is 4.79 Å². The summed E-state index contributed by atoms with van der Waals surface area (Å²) < 4.78 is 7.05. The van der Waals surface area contributed by atoms with Gasteiger partial charge in [-0.15, -0.1) is 11.3 Å². The smallest absolute Gasteiger partial charge is 0.339 e. The van der Waals surface area contributed by atoms with Crippen molar-refractivity contribution < 1.29 is 19.4 Å². The summed E-state index contributed by atoms with van der Waals surface area (Å²) >= 11 is 1.56. The van der Waals surface area contributed by atoms with Gasteiger partial charge in [-0.2, -0.15) is 0 Å². The molecule has 1 atom stereocenters. The summed E-state index contributed by atoms with van der Waals surface area (Å²) in [6, 6.07) is 11.3. The van der Waals surface area contributed by atoms with E-state index in [2.05, 4.69) is 5.32 Å². The second kappa shape index (κ2) is 6.34. The van der Waals surface area contributed by atoms with Crippen LogP contribution in [-0.4, -0.2) is 28.7 Å². The number of thiophene rings is 1. The lowest BCUT2D eigenvalue weighted by Crippen LogP contribution is -2.25. The van der Waals surface area contributed by atoms with Crippen LogP contribution in [0.3, 0.4) is 0 Å². The van der Waals surface area contributed by atoms with Crippen LogP contribution < -0.4 is 10.1 Å². The lowest BCUT2D eigenvalue weighted by molar-refractivity contribution is -0.116. The van der Waals surface area contributed by atoms with Crippen LogP contribution in [0.2, 0.25) is 0 Å². The first-order valence-corrected chi connectivity index (χ1v) is 8.92. The van der Waals surface area contributed by atoms with Crippen LogP contribution in [0, 0.1) is 0 Å². The molecule has 26 heavy (non-hydrogen) atoms. The minimum atomic E-state index is -1.07.